The van der Waals surface area contributed by atoms with Gasteiger partial charge in [0.25, 0.3) is 0 Å². The predicted octanol–water partition coefficient (Wildman–Crippen LogP) is 2.94. The Morgan fingerprint density at radius 2 is 2.11 bits per heavy atom. The summed E-state index contributed by atoms with van der Waals surface area (Å²) in [6, 6.07) is 5.55. The zero-order valence-corrected chi connectivity index (χ0v) is 10.6. The maximum atomic E-state index is 11.0. The molecule has 0 spiro atoms. The molecule has 1 N–H and O–H groups in total. The van der Waals surface area contributed by atoms with E-state index in [4.69, 9.17) is 5.11 Å². The topological polar surface area (TPSA) is 40.5 Å². The first-order valence-electron chi connectivity index (χ1n) is 6.85. The smallest absolute Gasteiger partial charge is 0.335 e. The summed E-state index contributed by atoms with van der Waals surface area (Å²) in [7, 11) is 0. The van der Waals surface area contributed by atoms with Gasteiger partial charge < -0.3 is 10.0 Å². The maximum Gasteiger partial charge on any atom is 0.335 e. The molecule has 0 radical (unpaired) electrons. The van der Waals surface area contributed by atoms with Crippen molar-refractivity contribution < 1.29 is 9.90 Å². The minimum absolute atomic E-state index is 0.409. The molecule has 3 heteroatoms. The van der Waals surface area contributed by atoms with Gasteiger partial charge in [-0.1, -0.05) is 18.9 Å². The van der Waals surface area contributed by atoms with Gasteiger partial charge in [-0.05, 0) is 42.9 Å². The van der Waals surface area contributed by atoms with E-state index in [0.29, 0.717) is 5.56 Å². The molecule has 1 aliphatic carbocycles. The molecule has 0 bridgehead atoms. The first-order valence-corrected chi connectivity index (χ1v) is 6.85. The van der Waals surface area contributed by atoms with E-state index in [1.165, 1.54) is 31.2 Å². The molecule has 96 valence electrons. The first-order chi connectivity index (χ1) is 8.74. The minimum atomic E-state index is -0.828. The normalized spacial score (nSPS) is 19.2. The lowest BCUT2D eigenvalue weighted by atomic mass is 10.1. The van der Waals surface area contributed by atoms with Crippen molar-refractivity contribution in [2.75, 3.05) is 18.0 Å². The second-order valence-corrected chi connectivity index (χ2v) is 5.50. The molecule has 0 amide bonds. The van der Waals surface area contributed by atoms with Gasteiger partial charge in [-0.2, -0.15) is 0 Å². The summed E-state index contributed by atoms with van der Waals surface area (Å²) in [4.78, 5) is 13.4. The summed E-state index contributed by atoms with van der Waals surface area (Å²) in [6.07, 6.45) is 6.46. The third-order valence-corrected chi connectivity index (χ3v) is 4.28. The first kappa shape index (κ1) is 11.6. The van der Waals surface area contributed by atoms with Crippen molar-refractivity contribution in [3.63, 3.8) is 0 Å². The van der Waals surface area contributed by atoms with E-state index in [1.807, 2.05) is 12.1 Å². The highest BCUT2D eigenvalue weighted by molar-refractivity contribution is 5.89. The van der Waals surface area contributed by atoms with Crippen LogP contribution in [0.15, 0.2) is 18.2 Å². The minimum Gasteiger partial charge on any atom is -0.478 e. The Hall–Kier alpha value is -1.51. The van der Waals surface area contributed by atoms with Crippen molar-refractivity contribution in [2.24, 2.45) is 5.92 Å². The molecule has 18 heavy (non-hydrogen) atoms. The number of hydrogen-bond donors (Lipinski definition) is 1. The van der Waals surface area contributed by atoms with Gasteiger partial charge >= 0.3 is 5.97 Å². The Balaban J connectivity index is 1.80. The molecule has 1 aromatic rings. The van der Waals surface area contributed by atoms with E-state index in [0.717, 1.165) is 31.1 Å². The molecule has 1 fully saturated rings. The van der Waals surface area contributed by atoms with Crippen LogP contribution in [0.3, 0.4) is 0 Å². The lowest BCUT2D eigenvalue weighted by Crippen LogP contribution is -2.26. The number of nitrogens with zero attached hydrogens (tertiary/aromatic N) is 1. The Kier molecular flexibility index (Phi) is 2.98. The van der Waals surface area contributed by atoms with Gasteiger partial charge in [-0.15, -0.1) is 0 Å². The Bertz CT molecular complexity index is 464. The summed E-state index contributed by atoms with van der Waals surface area (Å²) in [5.41, 5.74) is 2.87. The van der Waals surface area contributed by atoms with E-state index >= 15 is 0 Å². The summed E-state index contributed by atoms with van der Waals surface area (Å²) in [6.45, 7) is 2.16. The van der Waals surface area contributed by atoms with Crippen molar-refractivity contribution in [3.8, 4) is 0 Å². The number of aromatic carboxylic acids is 1. The van der Waals surface area contributed by atoms with Crippen LogP contribution in [0.25, 0.3) is 0 Å². The molecule has 0 unspecified atom stereocenters. The number of anilines is 1. The lowest BCUT2D eigenvalue weighted by molar-refractivity contribution is 0.0697. The largest absolute Gasteiger partial charge is 0.478 e. The van der Waals surface area contributed by atoms with E-state index < -0.39 is 5.97 Å². The van der Waals surface area contributed by atoms with E-state index in [1.54, 1.807) is 6.07 Å². The van der Waals surface area contributed by atoms with Crippen LogP contribution in [-0.2, 0) is 6.42 Å². The number of carbonyl (C=O) groups is 1. The summed E-state index contributed by atoms with van der Waals surface area (Å²) in [5, 5.41) is 9.07. The molecule has 3 rings (SSSR count). The number of fused-ring (bicyclic) bond motifs is 1. The number of carboxylic acids is 1. The van der Waals surface area contributed by atoms with Crippen molar-refractivity contribution in [1.82, 2.24) is 0 Å². The zero-order chi connectivity index (χ0) is 12.5. The van der Waals surface area contributed by atoms with Crippen LogP contribution in [0.1, 0.15) is 41.6 Å². The highest BCUT2D eigenvalue weighted by atomic mass is 16.4. The van der Waals surface area contributed by atoms with Gasteiger partial charge in [0.1, 0.15) is 0 Å². The molecular weight excluding hydrogens is 226 g/mol. The fourth-order valence-corrected chi connectivity index (χ4v) is 3.27. The molecule has 0 atom stereocenters. The third kappa shape index (κ3) is 2.09. The average molecular weight is 245 g/mol. The molecular formula is C15H19NO2. The van der Waals surface area contributed by atoms with Crippen molar-refractivity contribution >= 4 is 11.7 Å². The van der Waals surface area contributed by atoms with E-state index in [2.05, 4.69) is 4.90 Å². The molecule has 1 aromatic carbocycles. The third-order valence-electron chi connectivity index (χ3n) is 4.28. The quantitative estimate of drug-likeness (QED) is 0.890. The second-order valence-electron chi connectivity index (χ2n) is 5.50. The Morgan fingerprint density at radius 1 is 1.33 bits per heavy atom. The van der Waals surface area contributed by atoms with Gasteiger partial charge in [0.05, 0.1) is 5.56 Å². The summed E-state index contributed by atoms with van der Waals surface area (Å²) >= 11 is 0. The van der Waals surface area contributed by atoms with Gasteiger partial charge in [0, 0.05) is 18.8 Å². The van der Waals surface area contributed by atoms with Crippen molar-refractivity contribution in [2.45, 2.75) is 32.1 Å². The number of carboxylic acid groups (broad SMARTS) is 1. The molecule has 3 nitrogen and oxygen atoms in total. The van der Waals surface area contributed by atoms with Crippen LogP contribution in [-0.4, -0.2) is 24.2 Å². The molecule has 0 aromatic heterocycles. The van der Waals surface area contributed by atoms with Crippen LogP contribution < -0.4 is 4.90 Å². The number of benzene rings is 1. The summed E-state index contributed by atoms with van der Waals surface area (Å²) in [5.74, 6) is -0.0186. The predicted molar refractivity (Wildman–Crippen MR) is 71.3 cm³/mol. The van der Waals surface area contributed by atoms with Gasteiger partial charge in [0.15, 0.2) is 0 Å². The van der Waals surface area contributed by atoms with Crippen LogP contribution in [0.4, 0.5) is 5.69 Å². The Morgan fingerprint density at radius 3 is 2.83 bits per heavy atom. The second kappa shape index (κ2) is 4.63. The van der Waals surface area contributed by atoms with Crippen LogP contribution in [0.2, 0.25) is 0 Å². The zero-order valence-electron chi connectivity index (χ0n) is 10.6. The van der Waals surface area contributed by atoms with Gasteiger partial charge in [-0.3, -0.25) is 0 Å². The molecule has 1 saturated carbocycles. The van der Waals surface area contributed by atoms with Crippen LogP contribution in [0.5, 0.6) is 0 Å². The lowest BCUT2D eigenvalue weighted by Gasteiger charge is -2.23. The monoisotopic (exact) mass is 245 g/mol. The van der Waals surface area contributed by atoms with E-state index in [9.17, 15) is 4.79 Å². The van der Waals surface area contributed by atoms with Crippen molar-refractivity contribution in [3.05, 3.63) is 29.3 Å². The standard InChI is InChI=1S/C15H19NO2/c17-15(18)13-6-5-12-7-8-16(14(12)9-13)10-11-3-1-2-4-11/h5-6,9,11H,1-4,7-8,10H2,(H,17,18). The SMILES string of the molecule is O=C(O)c1ccc2c(c1)N(CC1CCCC1)CC2. The van der Waals surface area contributed by atoms with Crippen LogP contribution in [0, 0.1) is 5.92 Å². The summed E-state index contributed by atoms with van der Waals surface area (Å²) < 4.78 is 0. The maximum absolute atomic E-state index is 11.0. The number of rotatable bonds is 3. The highest BCUT2D eigenvalue weighted by Gasteiger charge is 2.24. The Labute approximate surface area is 107 Å². The highest BCUT2D eigenvalue weighted by Crippen LogP contribution is 2.33. The van der Waals surface area contributed by atoms with Gasteiger partial charge in [-0.25, -0.2) is 4.79 Å². The molecule has 1 aliphatic heterocycles. The van der Waals surface area contributed by atoms with E-state index in [-0.39, 0.29) is 0 Å². The molecule has 2 aliphatic rings. The average Bonchev–Trinajstić information content (AvgIpc) is 2.99. The van der Waals surface area contributed by atoms with Gasteiger partial charge in [0.2, 0.25) is 0 Å². The fraction of sp³-hybridized carbons (Fsp3) is 0.533. The molecule has 0 saturated heterocycles. The molecule has 1 heterocycles. The van der Waals surface area contributed by atoms with Crippen molar-refractivity contribution in [1.29, 1.82) is 0 Å². The van der Waals surface area contributed by atoms with Crippen LogP contribution >= 0.6 is 0 Å². The number of hydrogen-bond acceptors (Lipinski definition) is 2. The fourth-order valence-electron chi connectivity index (χ4n) is 3.27.